The largest absolute Gasteiger partial charge is 0.481 e. The summed E-state index contributed by atoms with van der Waals surface area (Å²) in [5, 5.41) is 17.6. The van der Waals surface area contributed by atoms with Gasteiger partial charge in [0.15, 0.2) is 6.10 Å². The van der Waals surface area contributed by atoms with Crippen LogP contribution in [0.15, 0.2) is 24.5 Å². The third kappa shape index (κ3) is 5.18. The van der Waals surface area contributed by atoms with Gasteiger partial charge in [-0.3, -0.25) is 9.78 Å². The van der Waals surface area contributed by atoms with E-state index < -0.39 is 22.8 Å². The maximum Gasteiger partial charge on any atom is 0.332 e. The number of aliphatic carboxylic acids is 2. The molecule has 2 atom stereocenters. The van der Waals surface area contributed by atoms with Gasteiger partial charge in [-0.25, -0.2) is 4.79 Å². The van der Waals surface area contributed by atoms with E-state index in [-0.39, 0.29) is 19.4 Å². The van der Waals surface area contributed by atoms with Gasteiger partial charge in [0.2, 0.25) is 0 Å². The minimum atomic E-state index is -1.18. The van der Waals surface area contributed by atoms with E-state index in [0.717, 1.165) is 5.56 Å². The second kappa shape index (κ2) is 7.25. The van der Waals surface area contributed by atoms with E-state index in [4.69, 9.17) is 14.9 Å². The molecule has 0 aliphatic carbocycles. The standard InChI is InChI=1S/C13H17NO5S/c1-13(20,9-4-6-14-7-5-9)8-19-10(12(17)18)2-3-11(15)16/h4-7,10,20H,2-3,8H2,1H3,(H,15,16)(H,17,18). The van der Waals surface area contributed by atoms with Crippen molar-refractivity contribution >= 4 is 24.6 Å². The third-order valence-electron chi connectivity index (χ3n) is 2.76. The topological polar surface area (TPSA) is 96.7 Å². The molecule has 2 N–H and O–H groups in total. The van der Waals surface area contributed by atoms with Crippen molar-refractivity contribution in [1.29, 1.82) is 0 Å². The lowest BCUT2D eigenvalue weighted by atomic mass is 10.0. The van der Waals surface area contributed by atoms with Gasteiger partial charge < -0.3 is 14.9 Å². The van der Waals surface area contributed by atoms with Gasteiger partial charge in [-0.1, -0.05) is 0 Å². The Hall–Kier alpha value is -1.60. The molecular formula is C13H17NO5S. The Bertz CT molecular complexity index is 463. The molecule has 0 amide bonds. The zero-order valence-electron chi connectivity index (χ0n) is 11.0. The Morgan fingerprint density at radius 1 is 1.40 bits per heavy atom. The van der Waals surface area contributed by atoms with Gasteiger partial charge in [-0.2, -0.15) is 12.6 Å². The number of aromatic nitrogens is 1. The van der Waals surface area contributed by atoms with Gasteiger partial charge in [0.05, 0.1) is 11.4 Å². The number of ether oxygens (including phenoxy) is 1. The van der Waals surface area contributed by atoms with E-state index in [1.807, 2.05) is 0 Å². The number of hydrogen-bond acceptors (Lipinski definition) is 5. The van der Waals surface area contributed by atoms with Crippen LogP contribution in [-0.4, -0.2) is 39.8 Å². The Kier molecular flexibility index (Phi) is 5.97. The number of nitrogens with zero attached hydrogens (tertiary/aromatic N) is 1. The summed E-state index contributed by atoms with van der Waals surface area (Å²) < 4.78 is 4.63. The van der Waals surface area contributed by atoms with Crippen molar-refractivity contribution in [1.82, 2.24) is 4.98 Å². The van der Waals surface area contributed by atoms with Crippen LogP contribution in [0.25, 0.3) is 0 Å². The fourth-order valence-corrected chi connectivity index (χ4v) is 1.81. The zero-order chi connectivity index (χ0) is 15.2. The summed E-state index contributed by atoms with van der Waals surface area (Å²) in [5.41, 5.74) is 0.846. The summed E-state index contributed by atoms with van der Waals surface area (Å²) in [6, 6.07) is 3.53. The highest BCUT2D eigenvalue weighted by Crippen LogP contribution is 2.28. The lowest BCUT2D eigenvalue weighted by molar-refractivity contribution is -0.152. The predicted octanol–water partition coefficient (Wildman–Crippen LogP) is 1.56. The van der Waals surface area contributed by atoms with Crippen LogP contribution in [0.5, 0.6) is 0 Å². The molecule has 20 heavy (non-hydrogen) atoms. The molecule has 1 heterocycles. The Morgan fingerprint density at radius 2 is 2.00 bits per heavy atom. The van der Waals surface area contributed by atoms with Crippen LogP contribution in [0.2, 0.25) is 0 Å². The van der Waals surface area contributed by atoms with Crippen LogP contribution >= 0.6 is 12.6 Å². The summed E-state index contributed by atoms with van der Waals surface area (Å²) >= 11 is 4.47. The molecule has 1 aromatic heterocycles. The zero-order valence-corrected chi connectivity index (χ0v) is 11.9. The number of pyridine rings is 1. The van der Waals surface area contributed by atoms with Gasteiger partial charge in [-0.05, 0) is 31.0 Å². The molecule has 110 valence electrons. The van der Waals surface area contributed by atoms with Gasteiger partial charge in [-0.15, -0.1) is 0 Å². The number of rotatable bonds is 8. The lowest BCUT2D eigenvalue weighted by Gasteiger charge is -2.25. The van der Waals surface area contributed by atoms with Crippen molar-refractivity contribution in [3.8, 4) is 0 Å². The van der Waals surface area contributed by atoms with Gasteiger partial charge in [0.25, 0.3) is 0 Å². The SMILES string of the molecule is CC(S)(COC(CCC(=O)O)C(=O)O)c1ccncc1. The van der Waals surface area contributed by atoms with Crippen molar-refractivity contribution in [2.24, 2.45) is 0 Å². The van der Waals surface area contributed by atoms with Crippen LogP contribution in [0.1, 0.15) is 25.3 Å². The number of carbonyl (C=O) groups is 2. The molecule has 0 saturated carbocycles. The molecule has 0 spiro atoms. The normalized spacial score (nSPS) is 15.3. The molecule has 0 bridgehead atoms. The fourth-order valence-electron chi connectivity index (χ4n) is 1.59. The molecule has 7 heteroatoms. The first kappa shape index (κ1) is 16.5. The molecule has 0 aromatic carbocycles. The summed E-state index contributed by atoms with van der Waals surface area (Å²) in [4.78, 5) is 25.4. The molecule has 0 saturated heterocycles. The average molecular weight is 299 g/mol. The van der Waals surface area contributed by atoms with Crippen molar-refractivity contribution in [2.75, 3.05) is 6.61 Å². The minimum absolute atomic E-state index is 0.0523. The molecule has 2 unspecified atom stereocenters. The van der Waals surface area contributed by atoms with Crippen LogP contribution in [0, 0.1) is 0 Å². The Balaban J connectivity index is 2.62. The molecule has 6 nitrogen and oxygen atoms in total. The van der Waals surface area contributed by atoms with Gasteiger partial charge >= 0.3 is 11.9 Å². The van der Waals surface area contributed by atoms with E-state index in [1.165, 1.54) is 0 Å². The second-order valence-electron chi connectivity index (χ2n) is 4.58. The van der Waals surface area contributed by atoms with Crippen molar-refractivity contribution < 1.29 is 24.5 Å². The van der Waals surface area contributed by atoms with Crippen molar-refractivity contribution in [3.05, 3.63) is 30.1 Å². The molecular weight excluding hydrogens is 282 g/mol. The number of hydrogen-bond donors (Lipinski definition) is 3. The Morgan fingerprint density at radius 3 is 2.50 bits per heavy atom. The van der Waals surface area contributed by atoms with Gasteiger partial charge in [0, 0.05) is 18.8 Å². The van der Waals surface area contributed by atoms with Crippen molar-refractivity contribution in [2.45, 2.75) is 30.6 Å². The van der Waals surface area contributed by atoms with Crippen LogP contribution in [0.3, 0.4) is 0 Å². The molecule has 0 fully saturated rings. The second-order valence-corrected chi connectivity index (χ2v) is 5.57. The van der Waals surface area contributed by atoms with Crippen LogP contribution < -0.4 is 0 Å². The summed E-state index contributed by atoms with van der Waals surface area (Å²) in [6.07, 6.45) is 1.74. The van der Waals surface area contributed by atoms with Crippen LogP contribution in [-0.2, 0) is 19.1 Å². The molecule has 0 aliphatic rings. The first-order valence-electron chi connectivity index (χ1n) is 6.02. The fraction of sp³-hybridized carbons (Fsp3) is 0.462. The molecule has 0 radical (unpaired) electrons. The summed E-state index contributed by atoms with van der Waals surface area (Å²) in [6.45, 7) is 1.85. The molecule has 1 aromatic rings. The monoisotopic (exact) mass is 299 g/mol. The quantitative estimate of drug-likeness (QED) is 0.630. The van der Waals surface area contributed by atoms with Crippen LogP contribution in [0.4, 0.5) is 0 Å². The summed E-state index contributed by atoms with van der Waals surface area (Å²) in [7, 11) is 0. The number of thiol groups is 1. The van der Waals surface area contributed by atoms with Crippen molar-refractivity contribution in [3.63, 3.8) is 0 Å². The highest BCUT2D eigenvalue weighted by molar-refractivity contribution is 7.81. The van der Waals surface area contributed by atoms with E-state index in [9.17, 15) is 9.59 Å². The molecule has 0 aliphatic heterocycles. The maximum atomic E-state index is 11.0. The average Bonchev–Trinajstić information content (AvgIpc) is 2.39. The highest BCUT2D eigenvalue weighted by Gasteiger charge is 2.27. The minimum Gasteiger partial charge on any atom is -0.481 e. The predicted molar refractivity (Wildman–Crippen MR) is 74.8 cm³/mol. The number of carboxylic acids is 2. The Labute approximate surface area is 122 Å². The van der Waals surface area contributed by atoms with E-state index in [1.54, 1.807) is 31.5 Å². The lowest BCUT2D eigenvalue weighted by Crippen LogP contribution is -2.31. The number of carboxylic acid groups (broad SMARTS) is 2. The first-order chi connectivity index (χ1) is 9.33. The highest BCUT2D eigenvalue weighted by atomic mass is 32.1. The third-order valence-corrected chi connectivity index (χ3v) is 3.15. The van der Waals surface area contributed by atoms with E-state index in [0.29, 0.717) is 0 Å². The van der Waals surface area contributed by atoms with Gasteiger partial charge in [0.1, 0.15) is 0 Å². The smallest absolute Gasteiger partial charge is 0.332 e. The maximum absolute atomic E-state index is 11.0. The summed E-state index contributed by atoms with van der Waals surface area (Å²) in [5.74, 6) is -2.23. The van der Waals surface area contributed by atoms with E-state index >= 15 is 0 Å². The molecule has 1 rings (SSSR count). The van der Waals surface area contributed by atoms with E-state index in [2.05, 4.69) is 17.6 Å². The first-order valence-corrected chi connectivity index (χ1v) is 6.47.